The number of benzene rings is 3. The van der Waals surface area contributed by atoms with Crippen molar-refractivity contribution in [3.05, 3.63) is 107 Å². The van der Waals surface area contributed by atoms with Gasteiger partial charge in [0.2, 0.25) is 0 Å². The number of aliphatic carboxylic acids is 1. The Hall–Kier alpha value is -4.13. The molecule has 0 bridgehead atoms. The van der Waals surface area contributed by atoms with E-state index in [9.17, 15) is 22.8 Å². The van der Waals surface area contributed by atoms with Gasteiger partial charge in [-0.25, -0.2) is 0 Å². The summed E-state index contributed by atoms with van der Waals surface area (Å²) in [6, 6.07) is 18.9. The van der Waals surface area contributed by atoms with Gasteiger partial charge in [0.15, 0.2) is 5.78 Å². The molecule has 3 aromatic carbocycles. The summed E-state index contributed by atoms with van der Waals surface area (Å²) in [5, 5.41) is 9.03. The largest absolute Gasteiger partial charge is 0.481 e. The molecule has 0 radical (unpaired) electrons. The molecule has 0 aliphatic rings. The van der Waals surface area contributed by atoms with Gasteiger partial charge in [-0.15, -0.1) is 0 Å². The number of carbonyl (C=O) groups excluding carboxylic acids is 1. The minimum absolute atomic E-state index is 0.0751. The van der Waals surface area contributed by atoms with E-state index in [0.717, 1.165) is 29.0 Å². The number of hydrogen-bond acceptors (Lipinski definition) is 2. The van der Waals surface area contributed by atoms with Gasteiger partial charge in [-0.1, -0.05) is 74.5 Å². The van der Waals surface area contributed by atoms with Crippen molar-refractivity contribution in [1.29, 1.82) is 0 Å². The van der Waals surface area contributed by atoms with Gasteiger partial charge in [-0.2, -0.15) is 13.2 Å². The number of H-pyrrole nitrogens is 1. The summed E-state index contributed by atoms with van der Waals surface area (Å²) in [5.74, 6) is -0.888. The highest BCUT2D eigenvalue weighted by molar-refractivity contribution is 6.14. The molecule has 0 saturated carbocycles. The third kappa shape index (κ3) is 5.82. The van der Waals surface area contributed by atoms with Crippen molar-refractivity contribution in [2.45, 2.75) is 32.9 Å². The van der Waals surface area contributed by atoms with Crippen molar-refractivity contribution in [2.75, 3.05) is 0 Å². The summed E-state index contributed by atoms with van der Waals surface area (Å²) in [6.45, 7) is 4.11. The minimum atomic E-state index is -4.44. The van der Waals surface area contributed by atoms with Crippen LogP contribution in [0.4, 0.5) is 13.2 Å². The van der Waals surface area contributed by atoms with Crippen LogP contribution >= 0.6 is 0 Å². The molecule has 0 aliphatic carbocycles. The first-order valence-electron chi connectivity index (χ1n) is 11.9. The predicted molar refractivity (Wildman–Crippen MR) is 136 cm³/mol. The number of rotatable bonds is 8. The number of carbonyl (C=O) groups is 2. The molecular weight excluding hydrogens is 479 g/mol. The highest BCUT2D eigenvalue weighted by Gasteiger charge is 2.30. The predicted octanol–water partition coefficient (Wildman–Crippen LogP) is 7.42. The summed E-state index contributed by atoms with van der Waals surface area (Å²) >= 11 is 0. The van der Waals surface area contributed by atoms with Gasteiger partial charge in [0.1, 0.15) is 0 Å². The Morgan fingerprint density at radius 1 is 0.865 bits per heavy atom. The second-order valence-electron chi connectivity index (χ2n) is 9.37. The van der Waals surface area contributed by atoms with Crippen molar-refractivity contribution in [1.82, 2.24) is 4.98 Å². The number of ketones is 1. The molecule has 7 heteroatoms. The monoisotopic (exact) mass is 505 g/mol. The summed E-state index contributed by atoms with van der Waals surface area (Å²) in [6.07, 6.45) is -2.22. The third-order valence-electron chi connectivity index (χ3n) is 6.14. The quantitative estimate of drug-likeness (QED) is 0.245. The Morgan fingerprint density at radius 2 is 1.49 bits per heavy atom. The second kappa shape index (κ2) is 10.5. The molecule has 0 fully saturated rings. The Morgan fingerprint density at radius 3 is 2.08 bits per heavy atom. The van der Waals surface area contributed by atoms with Crippen molar-refractivity contribution in [3.8, 4) is 22.4 Å². The average molecular weight is 506 g/mol. The lowest BCUT2D eigenvalue weighted by atomic mass is 9.89. The number of hydrogen-bond donors (Lipinski definition) is 2. The fourth-order valence-corrected chi connectivity index (χ4v) is 4.41. The molecule has 4 rings (SSSR count). The van der Waals surface area contributed by atoms with Crippen LogP contribution in [0.3, 0.4) is 0 Å². The molecule has 37 heavy (non-hydrogen) atoms. The van der Waals surface area contributed by atoms with E-state index in [1.165, 1.54) is 12.1 Å². The maximum atomic E-state index is 13.8. The Bertz CT molecular complexity index is 1420. The molecule has 0 atom stereocenters. The Labute approximate surface area is 212 Å². The van der Waals surface area contributed by atoms with Crippen LogP contribution in [0.5, 0.6) is 0 Å². The summed E-state index contributed by atoms with van der Waals surface area (Å²) in [5.41, 5.74) is 4.36. The summed E-state index contributed by atoms with van der Waals surface area (Å²) < 4.78 is 39.1. The smallest absolute Gasteiger partial charge is 0.416 e. The van der Waals surface area contributed by atoms with Gasteiger partial charge in [-0.05, 0) is 52.3 Å². The standard InChI is InChI=1S/C30H26F3NO3/c1-18(2)15-25-26(17-34-28(25)21-9-7-19(8-10-21)16-27(35)36)29(37)24-6-4-3-5-23(24)20-11-13-22(14-12-20)30(31,32)33/h3-14,17-18,34H,15-16H2,1-2H3,(H,35,36). The van der Waals surface area contributed by atoms with Crippen LogP contribution in [0.2, 0.25) is 0 Å². The van der Waals surface area contributed by atoms with Gasteiger partial charge < -0.3 is 10.1 Å². The molecule has 4 aromatic rings. The van der Waals surface area contributed by atoms with E-state index < -0.39 is 17.7 Å². The number of alkyl halides is 3. The van der Waals surface area contributed by atoms with Crippen molar-refractivity contribution in [3.63, 3.8) is 0 Å². The zero-order valence-electron chi connectivity index (χ0n) is 20.4. The van der Waals surface area contributed by atoms with Crippen LogP contribution in [0.25, 0.3) is 22.4 Å². The summed E-state index contributed by atoms with van der Waals surface area (Å²) in [7, 11) is 0. The van der Waals surface area contributed by atoms with E-state index in [4.69, 9.17) is 5.11 Å². The molecule has 1 heterocycles. The van der Waals surface area contributed by atoms with E-state index in [0.29, 0.717) is 34.2 Å². The lowest BCUT2D eigenvalue weighted by molar-refractivity contribution is -0.138. The normalized spacial score (nSPS) is 11.6. The van der Waals surface area contributed by atoms with Crippen molar-refractivity contribution in [2.24, 2.45) is 5.92 Å². The van der Waals surface area contributed by atoms with E-state index in [-0.39, 0.29) is 18.1 Å². The number of carboxylic acids is 1. The van der Waals surface area contributed by atoms with E-state index in [1.807, 2.05) is 12.1 Å². The molecular formula is C30H26F3NO3. The highest BCUT2D eigenvalue weighted by atomic mass is 19.4. The summed E-state index contributed by atoms with van der Waals surface area (Å²) in [4.78, 5) is 28.1. The first-order chi connectivity index (χ1) is 17.5. The Balaban J connectivity index is 1.74. The Kier molecular flexibility index (Phi) is 7.34. The molecule has 0 saturated heterocycles. The SMILES string of the molecule is CC(C)Cc1c(C(=O)c2ccccc2-c2ccc(C(F)(F)F)cc2)c[nH]c1-c1ccc(CC(=O)O)cc1. The van der Waals surface area contributed by atoms with Gasteiger partial charge in [-0.3, -0.25) is 9.59 Å². The molecule has 190 valence electrons. The maximum absolute atomic E-state index is 13.8. The molecule has 1 aromatic heterocycles. The van der Waals surface area contributed by atoms with Gasteiger partial charge in [0, 0.05) is 23.0 Å². The topological polar surface area (TPSA) is 70.2 Å². The maximum Gasteiger partial charge on any atom is 0.416 e. The zero-order valence-corrected chi connectivity index (χ0v) is 20.4. The third-order valence-corrected chi connectivity index (χ3v) is 6.14. The first-order valence-corrected chi connectivity index (χ1v) is 11.9. The van der Waals surface area contributed by atoms with E-state index in [1.54, 1.807) is 42.6 Å². The lowest BCUT2D eigenvalue weighted by Gasteiger charge is -2.13. The molecule has 0 amide bonds. The molecule has 0 spiro atoms. The average Bonchev–Trinajstić information content (AvgIpc) is 3.26. The van der Waals surface area contributed by atoms with Gasteiger partial charge >= 0.3 is 12.1 Å². The van der Waals surface area contributed by atoms with E-state index in [2.05, 4.69) is 18.8 Å². The number of halogens is 3. The number of aromatic nitrogens is 1. The number of aromatic amines is 1. The molecule has 2 N–H and O–H groups in total. The van der Waals surface area contributed by atoms with Crippen molar-refractivity contribution >= 4 is 11.8 Å². The number of nitrogens with one attached hydrogen (secondary N) is 1. The van der Waals surface area contributed by atoms with Gasteiger partial charge in [0.05, 0.1) is 12.0 Å². The molecule has 4 nitrogen and oxygen atoms in total. The van der Waals surface area contributed by atoms with Crippen LogP contribution in [0, 0.1) is 5.92 Å². The van der Waals surface area contributed by atoms with Crippen LogP contribution in [-0.2, 0) is 23.8 Å². The molecule has 0 aliphatic heterocycles. The van der Waals surface area contributed by atoms with Crippen LogP contribution in [0.15, 0.2) is 79.0 Å². The lowest BCUT2D eigenvalue weighted by Crippen LogP contribution is -2.08. The second-order valence-corrected chi connectivity index (χ2v) is 9.37. The van der Waals surface area contributed by atoms with Gasteiger partial charge in [0.25, 0.3) is 0 Å². The van der Waals surface area contributed by atoms with E-state index >= 15 is 0 Å². The number of carboxylic acid groups (broad SMARTS) is 1. The first kappa shape index (κ1) is 25.9. The highest BCUT2D eigenvalue weighted by Crippen LogP contribution is 2.34. The van der Waals surface area contributed by atoms with Crippen LogP contribution in [-0.4, -0.2) is 21.8 Å². The minimum Gasteiger partial charge on any atom is -0.481 e. The molecule has 0 unspecified atom stereocenters. The fourth-order valence-electron chi connectivity index (χ4n) is 4.41. The van der Waals surface area contributed by atoms with Crippen LogP contribution < -0.4 is 0 Å². The fraction of sp³-hybridized carbons (Fsp3) is 0.200. The van der Waals surface area contributed by atoms with Crippen LogP contribution in [0.1, 0.15) is 46.5 Å². The van der Waals surface area contributed by atoms with Crippen molar-refractivity contribution < 1.29 is 27.9 Å². The zero-order chi connectivity index (χ0) is 26.7.